The summed E-state index contributed by atoms with van der Waals surface area (Å²) in [4.78, 5) is 53.7. The lowest BCUT2D eigenvalue weighted by Crippen LogP contribution is -2.48. The molecule has 2 unspecified atom stereocenters. The summed E-state index contributed by atoms with van der Waals surface area (Å²) in [6.45, 7) is 7.45. The van der Waals surface area contributed by atoms with Crippen molar-refractivity contribution in [1.29, 1.82) is 0 Å². The van der Waals surface area contributed by atoms with Crippen LogP contribution in [0.1, 0.15) is 47.1 Å². The summed E-state index contributed by atoms with van der Waals surface area (Å²) in [6.07, 6.45) is 0.00858. The first kappa shape index (κ1) is 23.4. The number of aryl methyl sites for hydroxylation is 1. The number of amides is 2. The van der Waals surface area contributed by atoms with Crippen molar-refractivity contribution in [2.24, 2.45) is 0 Å². The van der Waals surface area contributed by atoms with Crippen LogP contribution in [-0.4, -0.2) is 51.6 Å². The van der Waals surface area contributed by atoms with Crippen molar-refractivity contribution in [3.05, 3.63) is 79.9 Å². The maximum absolute atomic E-state index is 12.8. The highest BCUT2D eigenvalue weighted by molar-refractivity contribution is 5.97. The highest BCUT2D eigenvalue weighted by Crippen LogP contribution is 2.16. The van der Waals surface area contributed by atoms with Gasteiger partial charge in [-0.3, -0.25) is 19.2 Å². The van der Waals surface area contributed by atoms with E-state index in [0.717, 1.165) is 5.56 Å². The third-order valence-corrected chi connectivity index (χ3v) is 5.91. The van der Waals surface area contributed by atoms with Crippen molar-refractivity contribution >= 4 is 22.8 Å². The minimum atomic E-state index is -0.720. The van der Waals surface area contributed by atoms with E-state index in [1.54, 1.807) is 42.2 Å². The normalized spacial score (nSPS) is 18.1. The van der Waals surface area contributed by atoms with E-state index in [1.165, 1.54) is 4.57 Å². The van der Waals surface area contributed by atoms with Gasteiger partial charge in [0.15, 0.2) is 0 Å². The lowest BCUT2D eigenvalue weighted by molar-refractivity contribution is -0.0586. The van der Waals surface area contributed by atoms with Gasteiger partial charge in [0.1, 0.15) is 0 Å². The summed E-state index contributed by atoms with van der Waals surface area (Å²) in [7, 11) is 0. The minimum absolute atomic E-state index is 0.00429. The Bertz CT molecular complexity index is 1330. The van der Waals surface area contributed by atoms with E-state index in [-0.39, 0.29) is 30.6 Å². The molecule has 34 heavy (non-hydrogen) atoms. The van der Waals surface area contributed by atoms with Gasteiger partial charge in [-0.2, -0.15) is 0 Å². The quantitative estimate of drug-likeness (QED) is 0.560. The molecule has 1 aliphatic heterocycles. The van der Waals surface area contributed by atoms with Crippen LogP contribution in [0.15, 0.2) is 52.1 Å². The van der Waals surface area contributed by atoms with Crippen molar-refractivity contribution in [2.45, 2.75) is 46.1 Å². The number of ether oxygens (including phenoxy) is 1. The average molecular weight is 465 g/mol. The SMILES string of the molecule is CCn1c(=O)c(=O)[nH]c2cc(C(=O)NCc3ccc(C(=O)N4CC(C)OC(C)C4)cc3)ccc21. The molecule has 2 amide bonds. The standard InChI is InChI=1S/C25H28N4O5/c1-4-29-21-10-9-19(11-20(21)27-23(31)25(29)33)22(30)26-12-17-5-7-18(8-6-17)24(32)28-13-15(2)34-16(3)14-28/h5-11,15-16H,4,12-14H2,1-3H3,(H,26,30)(H,27,31). The van der Waals surface area contributed by atoms with Crippen LogP contribution < -0.4 is 16.4 Å². The number of hydrogen-bond donors (Lipinski definition) is 2. The maximum Gasteiger partial charge on any atom is 0.316 e. The summed E-state index contributed by atoms with van der Waals surface area (Å²) >= 11 is 0. The topological polar surface area (TPSA) is 114 Å². The third-order valence-electron chi connectivity index (χ3n) is 5.91. The molecule has 2 aromatic carbocycles. The van der Waals surface area contributed by atoms with Crippen molar-refractivity contribution in [1.82, 2.24) is 19.8 Å². The fraction of sp³-hybridized carbons (Fsp3) is 0.360. The Balaban J connectivity index is 1.42. The molecule has 0 saturated carbocycles. The van der Waals surface area contributed by atoms with Crippen molar-refractivity contribution in [2.75, 3.05) is 13.1 Å². The van der Waals surface area contributed by atoms with Crippen molar-refractivity contribution < 1.29 is 14.3 Å². The second-order valence-corrected chi connectivity index (χ2v) is 8.58. The molecule has 1 fully saturated rings. The molecule has 2 atom stereocenters. The zero-order valence-electron chi connectivity index (χ0n) is 19.5. The molecule has 9 heteroatoms. The van der Waals surface area contributed by atoms with Gasteiger partial charge in [-0.15, -0.1) is 0 Å². The van der Waals surface area contributed by atoms with Gasteiger partial charge in [0.05, 0.1) is 23.2 Å². The van der Waals surface area contributed by atoms with Crippen molar-refractivity contribution in [3.63, 3.8) is 0 Å². The van der Waals surface area contributed by atoms with E-state index in [4.69, 9.17) is 4.74 Å². The molecule has 3 aromatic rings. The monoisotopic (exact) mass is 464 g/mol. The zero-order chi connectivity index (χ0) is 24.4. The number of aromatic nitrogens is 2. The summed E-state index contributed by atoms with van der Waals surface area (Å²) in [5.74, 6) is -0.346. The second kappa shape index (κ2) is 9.64. The highest BCUT2D eigenvalue weighted by Gasteiger charge is 2.26. The van der Waals surface area contributed by atoms with E-state index < -0.39 is 11.1 Å². The predicted octanol–water partition coefficient (Wildman–Crippen LogP) is 1.89. The Kier molecular flexibility index (Phi) is 6.65. The first-order valence-electron chi connectivity index (χ1n) is 11.4. The Hall–Kier alpha value is -3.72. The molecule has 1 aliphatic rings. The molecule has 0 radical (unpaired) electrons. The number of morpholine rings is 1. The summed E-state index contributed by atoms with van der Waals surface area (Å²) in [5, 5.41) is 2.85. The number of carbonyl (C=O) groups is 2. The number of benzene rings is 2. The van der Waals surface area contributed by atoms with Crippen LogP contribution >= 0.6 is 0 Å². The van der Waals surface area contributed by atoms with Crippen LogP contribution in [0.2, 0.25) is 0 Å². The molecule has 178 valence electrons. The second-order valence-electron chi connectivity index (χ2n) is 8.58. The van der Waals surface area contributed by atoms with Crippen LogP contribution in [0.5, 0.6) is 0 Å². The van der Waals surface area contributed by atoms with Crippen LogP contribution in [0, 0.1) is 0 Å². The van der Waals surface area contributed by atoms with E-state index in [2.05, 4.69) is 10.3 Å². The largest absolute Gasteiger partial charge is 0.372 e. The van der Waals surface area contributed by atoms with E-state index >= 15 is 0 Å². The van der Waals surface area contributed by atoms with Gasteiger partial charge in [0.25, 0.3) is 11.8 Å². The minimum Gasteiger partial charge on any atom is -0.372 e. The lowest BCUT2D eigenvalue weighted by Gasteiger charge is -2.35. The van der Waals surface area contributed by atoms with Crippen LogP contribution in [0.3, 0.4) is 0 Å². The van der Waals surface area contributed by atoms with E-state index in [9.17, 15) is 19.2 Å². The van der Waals surface area contributed by atoms with Gasteiger partial charge in [-0.05, 0) is 56.7 Å². The lowest BCUT2D eigenvalue weighted by atomic mass is 10.1. The van der Waals surface area contributed by atoms with Crippen LogP contribution in [-0.2, 0) is 17.8 Å². The molecule has 4 rings (SSSR count). The molecular weight excluding hydrogens is 436 g/mol. The number of H-pyrrole nitrogens is 1. The third kappa shape index (κ3) is 4.79. The van der Waals surface area contributed by atoms with Crippen LogP contribution in [0.4, 0.5) is 0 Å². The van der Waals surface area contributed by atoms with E-state index in [0.29, 0.717) is 41.8 Å². The fourth-order valence-electron chi connectivity index (χ4n) is 4.31. The first-order chi connectivity index (χ1) is 16.3. The van der Waals surface area contributed by atoms with Gasteiger partial charge in [0.2, 0.25) is 0 Å². The van der Waals surface area contributed by atoms with Crippen molar-refractivity contribution in [3.8, 4) is 0 Å². The first-order valence-corrected chi connectivity index (χ1v) is 11.4. The summed E-state index contributed by atoms with van der Waals surface area (Å²) in [5.41, 5.74) is 1.46. The highest BCUT2D eigenvalue weighted by atomic mass is 16.5. The van der Waals surface area contributed by atoms with Gasteiger partial charge in [-0.25, -0.2) is 0 Å². The van der Waals surface area contributed by atoms with Gasteiger partial charge in [0, 0.05) is 37.3 Å². The number of carbonyl (C=O) groups excluding carboxylic acids is 2. The smallest absolute Gasteiger partial charge is 0.316 e. The molecule has 2 heterocycles. The molecule has 9 nitrogen and oxygen atoms in total. The molecule has 0 spiro atoms. The Morgan fingerprint density at radius 1 is 1.03 bits per heavy atom. The molecule has 0 bridgehead atoms. The van der Waals surface area contributed by atoms with E-state index in [1.807, 2.05) is 26.0 Å². The Morgan fingerprint density at radius 3 is 2.32 bits per heavy atom. The number of nitrogens with one attached hydrogen (secondary N) is 2. The molecule has 0 aliphatic carbocycles. The average Bonchev–Trinajstić information content (AvgIpc) is 2.82. The van der Waals surface area contributed by atoms with Gasteiger partial charge < -0.3 is 24.5 Å². The summed E-state index contributed by atoms with van der Waals surface area (Å²) in [6, 6.07) is 12.0. The predicted molar refractivity (Wildman–Crippen MR) is 128 cm³/mol. The fourth-order valence-corrected chi connectivity index (χ4v) is 4.31. The number of nitrogens with zero attached hydrogens (tertiary/aromatic N) is 2. The molecule has 2 N–H and O–H groups in total. The Labute approximate surface area is 196 Å². The summed E-state index contributed by atoms with van der Waals surface area (Å²) < 4.78 is 7.06. The van der Waals surface area contributed by atoms with Gasteiger partial charge >= 0.3 is 11.1 Å². The zero-order valence-corrected chi connectivity index (χ0v) is 19.5. The number of fused-ring (bicyclic) bond motifs is 1. The Morgan fingerprint density at radius 2 is 1.68 bits per heavy atom. The molecule has 1 aromatic heterocycles. The number of rotatable bonds is 5. The molecule has 1 saturated heterocycles. The number of hydrogen-bond acceptors (Lipinski definition) is 5. The molecular formula is C25H28N4O5. The van der Waals surface area contributed by atoms with Crippen LogP contribution in [0.25, 0.3) is 11.0 Å². The van der Waals surface area contributed by atoms with Gasteiger partial charge in [-0.1, -0.05) is 12.1 Å². The number of aromatic amines is 1. The maximum atomic E-state index is 12.8.